The van der Waals surface area contributed by atoms with E-state index in [0.717, 1.165) is 34.6 Å². The number of rotatable bonds is 12. The molecule has 0 aliphatic heterocycles. The van der Waals surface area contributed by atoms with Crippen LogP contribution in [0.4, 0.5) is 13.2 Å². The Morgan fingerprint density at radius 2 is 2.12 bits per heavy atom. The van der Waals surface area contributed by atoms with Gasteiger partial charge in [0.25, 0.3) is 0 Å². The monoisotopic (exact) mass is 517 g/mol. The summed E-state index contributed by atoms with van der Waals surface area (Å²) in [6, 6.07) is 3.49. The molecule has 0 saturated heterocycles. The van der Waals surface area contributed by atoms with Gasteiger partial charge in [0.2, 0.25) is 0 Å². The van der Waals surface area contributed by atoms with E-state index in [9.17, 15) is 18.0 Å². The van der Waals surface area contributed by atoms with Crippen molar-refractivity contribution in [2.24, 2.45) is 0 Å². The maximum atomic E-state index is 12.6. The third-order valence-corrected chi connectivity index (χ3v) is 7.11. The van der Waals surface area contributed by atoms with Crippen LogP contribution in [0.1, 0.15) is 50.3 Å². The lowest BCUT2D eigenvalue weighted by Gasteiger charge is -2.19. The number of fused-ring (bicyclic) bond motifs is 1. The lowest BCUT2D eigenvalue weighted by molar-refractivity contribution is -0.136. The summed E-state index contributed by atoms with van der Waals surface area (Å²) in [5, 5.41) is 13.2. The van der Waals surface area contributed by atoms with E-state index in [1.165, 1.54) is 0 Å². The van der Waals surface area contributed by atoms with Gasteiger partial charge in [-0.25, -0.2) is 0 Å². The number of thioether (sulfide) groups is 1. The number of hydrogen-bond acceptors (Lipinski definition) is 5. The first-order valence-electron chi connectivity index (χ1n) is 11.2. The number of carboxylic acids is 1. The van der Waals surface area contributed by atoms with E-state index >= 15 is 0 Å². The lowest BCUT2D eigenvalue weighted by atomic mass is 10.0. The lowest BCUT2D eigenvalue weighted by Crippen LogP contribution is -2.10. The van der Waals surface area contributed by atoms with Gasteiger partial charge in [0, 0.05) is 34.4 Å². The summed E-state index contributed by atoms with van der Waals surface area (Å²) in [6.07, 6.45) is 1.11. The summed E-state index contributed by atoms with van der Waals surface area (Å²) in [6.45, 7) is 2.47. The maximum absolute atomic E-state index is 12.6. The molecular weight excluding hydrogens is 491 g/mol. The minimum absolute atomic E-state index is 0.00492. The molecule has 186 valence electrons. The summed E-state index contributed by atoms with van der Waals surface area (Å²) in [7, 11) is 0. The van der Waals surface area contributed by atoms with Crippen LogP contribution in [-0.2, 0) is 17.6 Å². The van der Waals surface area contributed by atoms with Crippen LogP contribution in [0.5, 0.6) is 5.75 Å². The van der Waals surface area contributed by atoms with Crippen LogP contribution >= 0.6 is 23.4 Å². The SMILES string of the molecule is CCCc1c(OCCCSC2=CC=C(CC(=O)O)CC2Cl)ccc2c(CCC(F)(F)F)noc12. The molecule has 2 aromatic rings. The Hall–Kier alpha value is -2.13. The molecule has 34 heavy (non-hydrogen) atoms. The first-order chi connectivity index (χ1) is 16.2. The van der Waals surface area contributed by atoms with Crippen LogP contribution in [0, 0.1) is 0 Å². The van der Waals surface area contributed by atoms with Crippen LogP contribution in [0.15, 0.2) is 39.3 Å². The molecular formula is C24H27ClF3NO4S. The van der Waals surface area contributed by atoms with Crippen molar-refractivity contribution in [2.45, 2.75) is 63.4 Å². The Kier molecular flexibility index (Phi) is 9.36. The Morgan fingerprint density at radius 3 is 2.79 bits per heavy atom. The first kappa shape index (κ1) is 26.5. The van der Waals surface area contributed by atoms with Gasteiger partial charge in [0.05, 0.1) is 24.1 Å². The number of carboxylic acid groups (broad SMARTS) is 1. The van der Waals surface area contributed by atoms with E-state index in [1.807, 2.05) is 19.1 Å². The molecule has 0 fully saturated rings. The molecule has 1 N–H and O–H groups in total. The van der Waals surface area contributed by atoms with Crippen LogP contribution in [-0.4, -0.2) is 40.1 Å². The van der Waals surface area contributed by atoms with Crippen molar-refractivity contribution in [1.29, 1.82) is 0 Å². The summed E-state index contributed by atoms with van der Waals surface area (Å²) in [5.74, 6) is 0.582. The van der Waals surface area contributed by atoms with Crippen molar-refractivity contribution in [2.75, 3.05) is 12.4 Å². The second-order valence-corrected chi connectivity index (χ2v) is 9.80. The zero-order valence-corrected chi connectivity index (χ0v) is 20.4. The number of alkyl halides is 4. The second kappa shape index (κ2) is 12.0. The molecule has 3 rings (SSSR count). The molecule has 1 aliphatic rings. The number of aryl methyl sites for hydroxylation is 2. The fraction of sp³-hybridized carbons (Fsp3) is 0.500. The number of nitrogens with zero attached hydrogens (tertiary/aromatic N) is 1. The van der Waals surface area contributed by atoms with Crippen LogP contribution < -0.4 is 4.74 Å². The number of hydrogen-bond donors (Lipinski definition) is 1. The third-order valence-electron chi connectivity index (χ3n) is 5.35. The van der Waals surface area contributed by atoms with Gasteiger partial charge in [-0.05, 0) is 31.4 Å². The van der Waals surface area contributed by atoms with Crippen molar-refractivity contribution < 1.29 is 32.3 Å². The van der Waals surface area contributed by atoms with Crippen molar-refractivity contribution in [3.05, 3.63) is 46.0 Å². The van der Waals surface area contributed by atoms with Crippen molar-refractivity contribution in [1.82, 2.24) is 5.16 Å². The van der Waals surface area contributed by atoms with Gasteiger partial charge in [-0.1, -0.05) is 36.2 Å². The highest BCUT2D eigenvalue weighted by Crippen LogP contribution is 2.35. The van der Waals surface area contributed by atoms with Crippen molar-refractivity contribution >= 4 is 40.3 Å². The Balaban J connectivity index is 1.57. The van der Waals surface area contributed by atoms with Gasteiger partial charge in [0.15, 0.2) is 5.58 Å². The Bertz CT molecular complexity index is 1060. The van der Waals surface area contributed by atoms with Gasteiger partial charge >= 0.3 is 12.1 Å². The molecule has 0 saturated carbocycles. The molecule has 0 spiro atoms. The van der Waals surface area contributed by atoms with Crippen LogP contribution in [0.25, 0.3) is 11.0 Å². The first-order valence-corrected chi connectivity index (χ1v) is 12.6. The molecule has 5 nitrogen and oxygen atoms in total. The van der Waals surface area contributed by atoms with Crippen molar-refractivity contribution in [3.8, 4) is 5.75 Å². The van der Waals surface area contributed by atoms with E-state index in [0.29, 0.717) is 41.9 Å². The van der Waals surface area contributed by atoms with Crippen molar-refractivity contribution in [3.63, 3.8) is 0 Å². The molecule has 0 amide bonds. The minimum Gasteiger partial charge on any atom is -0.493 e. The molecule has 0 radical (unpaired) electrons. The van der Waals surface area contributed by atoms with E-state index in [2.05, 4.69) is 5.16 Å². The molecule has 1 heterocycles. The Morgan fingerprint density at radius 1 is 1.32 bits per heavy atom. The highest BCUT2D eigenvalue weighted by Gasteiger charge is 2.28. The highest BCUT2D eigenvalue weighted by molar-refractivity contribution is 8.03. The second-order valence-electron chi connectivity index (χ2n) is 8.10. The largest absolute Gasteiger partial charge is 0.493 e. The number of aliphatic carboxylic acids is 1. The summed E-state index contributed by atoms with van der Waals surface area (Å²) >= 11 is 8.02. The fourth-order valence-electron chi connectivity index (χ4n) is 3.75. The number of allylic oxidation sites excluding steroid dienone is 3. The molecule has 10 heteroatoms. The number of benzene rings is 1. The van der Waals surface area contributed by atoms with Gasteiger partial charge in [-0.3, -0.25) is 4.79 Å². The van der Waals surface area contributed by atoms with Gasteiger partial charge in [-0.15, -0.1) is 23.4 Å². The molecule has 1 unspecified atom stereocenters. The summed E-state index contributed by atoms with van der Waals surface area (Å²) < 4.78 is 49.2. The minimum atomic E-state index is -4.24. The third kappa shape index (κ3) is 7.43. The smallest absolute Gasteiger partial charge is 0.389 e. The number of aromatic nitrogens is 1. The predicted octanol–water partition coefficient (Wildman–Crippen LogP) is 7.07. The topological polar surface area (TPSA) is 72.6 Å². The molecule has 1 aromatic heterocycles. The van der Waals surface area contributed by atoms with Crippen LogP contribution in [0.3, 0.4) is 0 Å². The average Bonchev–Trinajstić information content (AvgIpc) is 3.17. The molecule has 1 atom stereocenters. The van der Waals surface area contributed by atoms with Gasteiger partial charge in [-0.2, -0.15) is 13.2 Å². The average molecular weight is 518 g/mol. The van der Waals surface area contributed by atoms with E-state index < -0.39 is 18.6 Å². The normalized spacial score (nSPS) is 16.4. The van der Waals surface area contributed by atoms with E-state index in [-0.39, 0.29) is 18.2 Å². The van der Waals surface area contributed by atoms with E-state index in [1.54, 1.807) is 23.9 Å². The number of halogens is 4. The zero-order chi connectivity index (χ0) is 24.7. The highest BCUT2D eigenvalue weighted by atomic mass is 35.5. The molecule has 1 aromatic carbocycles. The predicted molar refractivity (Wildman–Crippen MR) is 128 cm³/mol. The number of ether oxygens (including phenoxy) is 1. The summed E-state index contributed by atoms with van der Waals surface area (Å²) in [5.41, 5.74) is 2.44. The van der Waals surface area contributed by atoms with E-state index in [4.69, 9.17) is 26.0 Å². The Labute approximate surface area is 205 Å². The van der Waals surface area contributed by atoms with Gasteiger partial charge < -0.3 is 14.4 Å². The molecule has 0 bridgehead atoms. The standard InChI is InChI=1S/C24H27ClF3NO4S/c1-2-4-17-20(7-6-16-19(29-33-23(16)17)9-10-24(26,27)28)32-11-3-12-34-21-8-5-15(13-18(21)25)14-22(30)31/h5-8,18H,2-4,9-14H2,1H3,(H,30,31). The van der Waals surface area contributed by atoms with Crippen LogP contribution in [0.2, 0.25) is 0 Å². The zero-order valence-electron chi connectivity index (χ0n) is 18.8. The quantitative estimate of drug-likeness (QED) is 0.240. The van der Waals surface area contributed by atoms with Gasteiger partial charge in [0.1, 0.15) is 5.75 Å². The molecule has 1 aliphatic carbocycles. The number of carbonyl (C=O) groups is 1. The fourth-order valence-corrected chi connectivity index (χ4v) is 5.14. The maximum Gasteiger partial charge on any atom is 0.389 e. The summed E-state index contributed by atoms with van der Waals surface area (Å²) in [4.78, 5) is 11.9.